The van der Waals surface area contributed by atoms with Crippen LogP contribution in [0.15, 0.2) is 59.8 Å². The maximum atomic E-state index is 13.3. The van der Waals surface area contributed by atoms with E-state index < -0.39 is 11.6 Å². The lowest BCUT2D eigenvalue weighted by Gasteiger charge is -2.27. The predicted octanol–water partition coefficient (Wildman–Crippen LogP) is 8.89. The molecule has 1 saturated heterocycles. The number of thiazole rings is 1. The van der Waals surface area contributed by atoms with Gasteiger partial charge in [0, 0.05) is 16.1 Å². The zero-order chi connectivity index (χ0) is 32.7. The summed E-state index contributed by atoms with van der Waals surface area (Å²) in [5.74, 6) is 1.42. The summed E-state index contributed by atoms with van der Waals surface area (Å²) >= 11 is 8.11. The molecule has 1 atom stereocenters. The maximum absolute atomic E-state index is 13.3. The molecule has 2 saturated carbocycles. The van der Waals surface area contributed by atoms with Gasteiger partial charge in [0.25, 0.3) is 0 Å². The van der Waals surface area contributed by atoms with Crippen molar-refractivity contribution in [1.82, 2.24) is 9.88 Å². The molecule has 3 fully saturated rings. The van der Waals surface area contributed by atoms with Crippen molar-refractivity contribution in [3.8, 4) is 11.5 Å². The van der Waals surface area contributed by atoms with Crippen LogP contribution in [0.5, 0.6) is 11.5 Å². The van der Waals surface area contributed by atoms with Crippen molar-refractivity contribution in [2.45, 2.75) is 83.1 Å². The van der Waals surface area contributed by atoms with Crippen LogP contribution >= 0.6 is 22.9 Å². The van der Waals surface area contributed by atoms with E-state index in [0.29, 0.717) is 10.9 Å². The molecule has 3 N–H and O–H groups in total. The Balaban J connectivity index is 0.000000270. The molecule has 3 heterocycles. The minimum atomic E-state index is -1.83. The summed E-state index contributed by atoms with van der Waals surface area (Å²) in [4.78, 5) is 30.0. The quantitative estimate of drug-likeness (QED) is 0.223. The Morgan fingerprint density at radius 2 is 1.65 bits per heavy atom. The Bertz CT molecular complexity index is 1550. The number of likely N-dealkylation sites (tertiary alicyclic amines) is 1. The molecule has 246 valence electrons. The number of hydrogen-bond donors (Lipinski definition) is 3. The number of allylic oxidation sites excluding steroid dienone is 2. The molecule has 11 heteroatoms. The van der Waals surface area contributed by atoms with E-state index in [4.69, 9.17) is 36.1 Å². The first-order valence-corrected chi connectivity index (χ1v) is 17.1. The Morgan fingerprint density at radius 3 is 2.28 bits per heavy atom. The number of anilines is 1. The van der Waals surface area contributed by atoms with Crippen LogP contribution in [0.3, 0.4) is 0 Å². The van der Waals surface area contributed by atoms with Crippen LogP contribution in [-0.2, 0) is 10.2 Å². The summed E-state index contributed by atoms with van der Waals surface area (Å²) in [5.41, 5.74) is 4.81. The second kappa shape index (κ2) is 15.3. The number of carbonyl (C=O) groups excluding carboxylic acids is 1. The third-order valence-electron chi connectivity index (χ3n) is 8.99. The molecule has 7 rings (SSSR count). The Hall–Kier alpha value is -3.60. The smallest absolute Gasteiger partial charge is 0.454 e. The van der Waals surface area contributed by atoms with Gasteiger partial charge in [-0.05, 0) is 108 Å². The van der Waals surface area contributed by atoms with E-state index in [2.05, 4.69) is 35.1 Å². The van der Waals surface area contributed by atoms with Gasteiger partial charge in [0.1, 0.15) is 0 Å². The number of ether oxygens (including phenoxy) is 2. The molecule has 0 spiro atoms. The first kappa shape index (κ1) is 33.8. The highest BCUT2D eigenvalue weighted by Crippen LogP contribution is 2.51. The van der Waals surface area contributed by atoms with Gasteiger partial charge in [0.2, 0.25) is 12.7 Å². The number of rotatable bonds is 6. The number of aromatic nitrogens is 1. The summed E-state index contributed by atoms with van der Waals surface area (Å²) in [7, 11) is 0. The fourth-order valence-corrected chi connectivity index (χ4v) is 7.56. The fourth-order valence-electron chi connectivity index (χ4n) is 6.36. The standard InChI is InChI=1S/C25H24ClN3O3S.C9H16.CH2O3/c26-18-6-2-1-5-17(18)22(29-11-3-4-12-29)21-14-27-24(33-21)28-23(30)25(9-10-25)16-7-8-19-20(13-16)32-15-31-19;1-8(2)9-6-4-3-5-7-9;2-1(3)4/h1-2,5-8,13-14,22H,3-4,9-12,15H2,(H,27,28,30);3-7H2,1-2H3;(H2,2,3,4). The molecule has 0 radical (unpaired) electrons. The van der Waals surface area contributed by atoms with Crippen LogP contribution in [0, 0.1) is 0 Å². The molecule has 2 aliphatic heterocycles. The molecule has 3 aromatic rings. The Labute approximate surface area is 279 Å². The SMILES string of the molecule is CC(C)=C1CCCCC1.O=C(Nc1ncc(C(c2ccccc2Cl)N2CCCC2)s1)C1(c2ccc3c(c2)OCO3)CC1.O=C(O)O. The third-order valence-corrected chi connectivity index (χ3v) is 10.3. The molecule has 9 nitrogen and oxygen atoms in total. The van der Waals surface area contributed by atoms with Crippen LogP contribution in [0.2, 0.25) is 5.02 Å². The lowest BCUT2D eigenvalue weighted by atomic mass is 9.92. The molecule has 1 unspecified atom stereocenters. The number of carbonyl (C=O) groups is 2. The van der Waals surface area contributed by atoms with Gasteiger partial charge in [-0.2, -0.15) is 0 Å². The molecule has 1 aromatic heterocycles. The fraction of sp³-hybridized carbons (Fsp3) is 0.457. The number of benzene rings is 2. The highest BCUT2D eigenvalue weighted by Gasteiger charge is 2.52. The first-order valence-electron chi connectivity index (χ1n) is 15.9. The monoisotopic (exact) mass is 667 g/mol. The molecule has 2 aliphatic carbocycles. The van der Waals surface area contributed by atoms with Crippen LogP contribution in [-0.4, -0.2) is 52.0 Å². The van der Waals surface area contributed by atoms with E-state index in [1.165, 1.54) is 56.3 Å². The Kier molecular flexibility index (Phi) is 11.2. The number of hydrogen-bond acceptors (Lipinski definition) is 7. The summed E-state index contributed by atoms with van der Waals surface area (Å²) in [6.45, 7) is 6.76. The maximum Gasteiger partial charge on any atom is 0.503 e. The molecular weight excluding hydrogens is 626 g/mol. The van der Waals surface area contributed by atoms with Gasteiger partial charge in [-0.1, -0.05) is 64.8 Å². The van der Waals surface area contributed by atoms with Gasteiger partial charge >= 0.3 is 6.16 Å². The van der Waals surface area contributed by atoms with Crippen LogP contribution < -0.4 is 14.8 Å². The predicted molar refractivity (Wildman–Crippen MR) is 180 cm³/mol. The van der Waals surface area contributed by atoms with E-state index in [-0.39, 0.29) is 18.7 Å². The van der Waals surface area contributed by atoms with E-state index >= 15 is 0 Å². The minimum absolute atomic E-state index is 0.0160. The highest BCUT2D eigenvalue weighted by atomic mass is 35.5. The van der Waals surface area contributed by atoms with Crippen molar-refractivity contribution in [1.29, 1.82) is 0 Å². The lowest BCUT2D eigenvalue weighted by Crippen LogP contribution is -2.27. The van der Waals surface area contributed by atoms with Crippen LogP contribution in [0.25, 0.3) is 0 Å². The highest BCUT2D eigenvalue weighted by molar-refractivity contribution is 7.15. The van der Waals surface area contributed by atoms with Gasteiger partial charge in [-0.3, -0.25) is 9.69 Å². The van der Waals surface area contributed by atoms with Gasteiger partial charge < -0.3 is 25.0 Å². The normalized spacial score (nSPS) is 18.4. The van der Waals surface area contributed by atoms with Crippen molar-refractivity contribution in [3.05, 3.63) is 80.8 Å². The number of nitrogens with one attached hydrogen (secondary N) is 1. The summed E-state index contributed by atoms with van der Waals surface area (Å²) in [6.07, 6.45) is 11.1. The average Bonchev–Trinajstić information content (AvgIpc) is 3.37. The van der Waals surface area contributed by atoms with Gasteiger partial charge in [0.05, 0.1) is 11.5 Å². The molecule has 1 amide bonds. The van der Waals surface area contributed by atoms with Crippen molar-refractivity contribution >= 4 is 40.1 Å². The number of nitrogens with zero attached hydrogens (tertiary/aromatic N) is 2. The van der Waals surface area contributed by atoms with Crippen molar-refractivity contribution in [2.24, 2.45) is 0 Å². The summed E-state index contributed by atoms with van der Waals surface area (Å²) in [5, 5.41) is 18.4. The van der Waals surface area contributed by atoms with Crippen molar-refractivity contribution in [3.63, 3.8) is 0 Å². The lowest BCUT2D eigenvalue weighted by molar-refractivity contribution is -0.118. The van der Waals surface area contributed by atoms with E-state index in [1.807, 2.05) is 42.6 Å². The Morgan fingerprint density at radius 1 is 0.978 bits per heavy atom. The molecule has 2 aromatic carbocycles. The number of amides is 1. The van der Waals surface area contributed by atoms with Gasteiger partial charge in [-0.25, -0.2) is 9.78 Å². The largest absolute Gasteiger partial charge is 0.503 e. The van der Waals surface area contributed by atoms with E-state index in [1.54, 1.807) is 11.1 Å². The summed E-state index contributed by atoms with van der Waals surface area (Å²) in [6, 6.07) is 13.8. The van der Waals surface area contributed by atoms with Crippen molar-refractivity contribution < 1.29 is 29.3 Å². The third kappa shape index (κ3) is 8.21. The summed E-state index contributed by atoms with van der Waals surface area (Å²) < 4.78 is 10.9. The topological polar surface area (TPSA) is 121 Å². The number of fused-ring (bicyclic) bond motifs is 1. The average molecular weight is 668 g/mol. The second-order valence-electron chi connectivity index (χ2n) is 12.3. The number of halogens is 1. The second-order valence-corrected chi connectivity index (χ2v) is 13.8. The minimum Gasteiger partial charge on any atom is -0.454 e. The molecule has 4 aliphatic rings. The zero-order valence-electron chi connectivity index (χ0n) is 26.4. The molecule has 0 bridgehead atoms. The van der Waals surface area contributed by atoms with Crippen LogP contribution in [0.1, 0.15) is 93.7 Å². The van der Waals surface area contributed by atoms with E-state index in [0.717, 1.165) is 52.7 Å². The van der Waals surface area contributed by atoms with Crippen LogP contribution in [0.4, 0.5) is 9.93 Å². The van der Waals surface area contributed by atoms with Gasteiger partial charge in [0.15, 0.2) is 16.6 Å². The van der Waals surface area contributed by atoms with E-state index in [9.17, 15) is 4.79 Å². The molecular formula is C35H42ClN3O6S. The number of carboxylic acid groups (broad SMARTS) is 2. The van der Waals surface area contributed by atoms with Gasteiger partial charge in [-0.15, -0.1) is 0 Å². The zero-order valence-corrected chi connectivity index (χ0v) is 28.0. The van der Waals surface area contributed by atoms with Crippen molar-refractivity contribution in [2.75, 3.05) is 25.2 Å². The molecule has 46 heavy (non-hydrogen) atoms. The first-order chi connectivity index (χ1) is 22.2.